The van der Waals surface area contributed by atoms with Gasteiger partial charge in [0.15, 0.2) is 0 Å². The summed E-state index contributed by atoms with van der Waals surface area (Å²) in [5.41, 5.74) is 0. The Morgan fingerprint density at radius 1 is 1.42 bits per heavy atom. The van der Waals surface area contributed by atoms with Crippen molar-refractivity contribution < 1.29 is 5.11 Å². The van der Waals surface area contributed by atoms with Crippen molar-refractivity contribution in [3.63, 3.8) is 0 Å². The van der Waals surface area contributed by atoms with Crippen molar-refractivity contribution in [2.24, 2.45) is 5.92 Å². The van der Waals surface area contributed by atoms with Crippen LogP contribution in [0.3, 0.4) is 0 Å². The van der Waals surface area contributed by atoms with E-state index in [4.69, 9.17) is 0 Å². The van der Waals surface area contributed by atoms with Gasteiger partial charge in [-0.05, 0) is 18.1 Å². The van der Waals surface area contributed by atoms with E-state index < -0.39 is 0 Å². The molecule has 1 aliphatic rings. The molecule has 0 bridgehead atoms. The molecular formula is C10H20OS. The minimum Gasteiger partial charge on any atom is -0.392 e. The summed E-state index contributed by atoms with van der Waals surface area (Å²) in [7, 11) is 0. The molecule has 12 heavy (non-hydrogen) atoms. The van der Waals surface area contributed by atoms with Gasteiger partial charge in [0.2, 0.25) is 0 Å². The number of rotatable bonds is 5. The summed E-state index contributed by atoms with van der Waals surface area (Å²) >= 11 is 1.85. The predicted octanol–water partition coefficient (Wildman–Crippen LogP) is 2.68. The molecule has 0 spiro atoms. The molecule has 1 aliphatic carbocycles. The van der Waals surface area contributed by atoms with Crippen molar-refractivity contribution in [3.05, 3.63) is 0 Å². The fourth-order valence-corrected chi connectivity index (χ4v) is 2.60. The second kappa shape index (κ2) is 5.87. The van der Waals surface area contributed by atoms with Crippen LogP contribution in [0.2, 0.25) is 0 Å². The molecule has 72 valence electrons. The van der Waals surface area contributed by atoms with E-state index in [0.29, 0.717) is 0 Å². The first-order valence-electron chi connectivity index (χ1n) is 5.08. The highest BCUT2D eigenvalue weighted by molar-refractivity contribution is 7.99. The van der Waals surface area contributed by atoms with Crippen LogP contribution < -0.4 is 0 Å². The number of hydrogen-bond acceptors (Lipinski definition) is 2. The van der Waals surface area contributed by atoms with Crippen molar-refractivity contribution >= 4 is 11.8 Å². The lowest BCUT2D eigenvalue weighted by atomic mass is 10.0. The van der Waals surface area contributed by atoms with E-state index in [1.165, 1.54) is 25.7 Å². The molecule has 1 N–H and O–H groups in total. The summed E-state index contributed by atoms with van der Waals surface area (Å²) in [5.74, 6) is 2.90. The molecule has 1 saturated carbocycles. The summed E-state index contributed by atoms with van der Waals surface area (Å²) in [6.07, 6.45) is 6.49. The highest BCUT2D eigenvalue weighted by Gasteiger charge is 2.18. The summed E-state index contributed by atoms with van der Waals surface area (Å²) in [4.78, 5) is 0. The normalized spacial score (nSPS) is 21.5. The standard InChI is InChI=1S/C10H20OS/c1-2-12-8-10(11)7-9-5-3-4-6-9/h9-11H,2-8H2,1H3. The third-order valence-electron chi connectivity index (χ3n) is 2.59. The molecule has 1 atom stereocenters. The molecule has 1 fully saturated rings. The van der Waals surface area contributed by atoms with Gasteiger partial charge in [0, 0.05) is 5.75 Å². The Hall–Kier alpha value is 0.310. The number of aliphatic hydroxyl groups is 1. The Balaban J connectivity index is 2.03. The van der Waals surface area contributed by atoms with E-state index in [2.05, 4.69) is 6.92 Å². The molecule has 0 saturated heterocycles. The lowest BCUT2D eigenvalue weighted by molar-refractivity contribution is 0.166. The highest BCUT2D eigenvalue weighted by atomic mass is 32.2. The second-order valence-electron chi connectivity index (χ2n) is 3.70. The van der Waals surface area contributed by atoms with Gasteiger partial charge in [-0.2, -0.15) is 11.8 Å². The first-order chi connectivity index (χ1) is 5.83. The predicted molar refractivity (Wildman–Crippen MR) is 55.6 cm³/mol. The Morgan fingerprint density at radius 2 is 2.08 bits per heavy atom. The molecule has 0 heterocycles. The monoisotopic (exact) mass is 188 g/mol. The Kier molecular flexibility index (Phi) is 5.08. The van der Waals surface area contributed by atoms with Gasteiger partial charge in [0.1, 0.15) is 0 Å². The van der Waals surface area contributed by atoms with Gasteiger partial charge in [0.25, 0.3) is 0 Å². The van der Waals surface area contributed by atoms with Gasteiger partial charge in [-0.3, -0.25) is 0 Å². The maximum Gasteiger partial charge on any atom is 0.0633 e. The summed E-state index contributed by atoms with van der Waals surface area (Å²) in [6.45, 7) is 2.15. The van der Waals surface area contributed by atoms with Gasteiger partial charge in [0.05, 0.1) is 6.10 Å². The molecule has 0 aromatic rings. The molecule has 2 heteroatoms. The number of hydrogen-bond donors (Lipinski definition) is 1. The molecule has 1 nitrogen and oxygen atoms in total. The third kappa shape index (κ3) is 3.81. The van der Waals surface area contributed by atoms with E-state index in [1.807, 2.05) is 11.8 Å². The zero-order valence-electron chi connectivity index (χ0n) is 7.96. The average Bonchev–Trinajstić information content (AvgIpc) is 2.53. The Bertz CT molecular complexity index is 110. The third-order valence-corrected chi connectivity index (χ3v) is 3.62. The lowest BCUT2D eigenvalue weighted by Crippen LogP contribution is -2.14. The smallest absolute Gasteiger partial charge is 0.0633 e. The van der Waals surface area contributed by atoms with E-state index in [0.717, 1.165) is 23.8 Å². The average molecular weight is 188 g/mol. The lowest BCUT2D eigenvalue weighted by Gasteiger charge is -2.14. The van der Waals surface area contributed by atoms with Gasteiger partial charge in [-0.1, -0.05) is 32.6 Å². The molecule has 0 amide bonds. The molecule has 0 aromatic heterocycles. The van der Waals surface area contributed by atoms with Crippen LogP contribution in [0.4, 0.5) is 0 Å². The van der Waals surface area contributed by atoms with Crippen molar-refractivity contribution in [2.45, 2.75) is 45.1 Å². The SMILES string of the molecule is CCSCC(O)CC1CCCC1. The molecule has 0 aliphatic heterocycles. The topological polar surface area (TPSA) is 20.2 Å². The maximum absolute atomic E-state index is 9.62. The molecule has 1 rings (SSSR count). The summed E-state index contributed by atoms with van der Waals surface area (Å²) < 4.78 is 0. The molecular weight excluding hydrogens is 168 g/mol. The van der Waals surface area contributed by atoms with Crippen molar-refractivity contribution in [1.29, 1.82) is 0 Å². The largest absolute Gasteiger partial charge is 0.392 e. The Morgan fingerprint density at radius 3 is 2.67 bits per heavy atom. The van der Waals surface area contributed by atoms with Gasteiger partial charge in [-0.25, -0.2) is 0 Å². The number of thioether (sulfide) groups is 1. The van der Waals surface area contributed by atoms with E-state index in [1.54, 1.807) is 0 Å². The zero-order valence-corrected chi connectivity index (χ0v) is 8.78. The Labute approximate surface area is 79.9 Å². The van der Waals surface area contributed by atoms with Gasteiger partial charge < -0.3 is 5.11 Å². The van der Waals surface area contributed by atoms with E-state index in [9.17, 15) is 5.11 Å². The van der Waals surface area contributed by atoms with Gasteiger partial charge in [-0.15, -0.1) is 0 Å². The summed E-state index contributed by atoms with van der Waals surface area (Å²) in [5, 5.41) is 9.62. The molecule has 0 aromatic carbocycles. The first kappa shape index (κ1) is 10.4. The van der Waals surface area contributed by atoms with Gasteiger partial charge >= 0.3 is 0 Å². The van der Waals surface area contributed by atoms with Crippen LogP contribution in [0, 0.1) is 5.92 Å². The molecule has 0 radical (unpaired) electrons. The minimum absolute atomic E-state index is 0.0435. The van der Waals surface area contributed by atoms with E-state index in [-0.39, 0.29) is 6.10 Å². The molecule has 1 unspecified atom stereocenters. The van der Waals surface area contributed by atoms with Crippen LogP contribution in [0.25, 0.3) is 0 Å². The quantitative estimate of drug-likeness (QED) is 0.716. The zero-order chi connectivity index (χ0) is 8.81. The van der Waals surface area contributed by atoms with Crippen molar-refractivity contribution in [3.8, 4) is 0 Å². The van der Waals surface area contributed by atoms with E-state index >= 15 is 0 Å². The van der Waals surface area contributed by atoms with Crippen LogP contribution in [0.15, 0.2) is 0 Å². The number of aliphatic hydroxyl groups excluding tert-OH is 1. The highest BCUT2D eigenvalue weighted by Crippen LogP contribution is 2.29. The maximum atomic E-state index is 9.62. The fourth-order valence-electron chi connectivity index (χ4n) is 1.95. The first-order valence-corrected chi connectivity index (χ1v) is 6.24. The summed E-state index contributed by atoms with van der Waals surface area (Å²) in [6, 6.07) is 0. The van der Waals surface area contributed by atoms with Crippen LogP contribution in [0.1, 0.15) is 39.0 Å². The van der Waals surface area contributed by atoms with Crippen LogP contribution in [0.5, 0.6) is 0 Å². The van der Waals surface area contributed by atoms with Crippen LogP contribution in [-0.4, -0.2) is 22.7 Å². The van der Waals surface area contributed by atoms with Crippen molar-refractivity contribution in [1.82, 2.24) is 0 Å². The second-order valence-corrected chi connectivity index (χ2v) is 5.02. The van der Waals surface area contributed by atoms with Crippen LogP contribution >= 0.6 is 11.8 Å². The minimum atomic E-state index is -0.0435. The van der Waals surface area contributed by atoms with Crippen molar-refractivity contribution in [2.75, 3.05) is 11.5 Å². The fraction of sp³-hybridized carbons (Fsp3) is 1.00. The van der Waals surface area contributed by atoms with Crippen LogP contribution in [-0.2, 0) is 0 Å².